The molecule has 0 fully saturated rings. The number of ether oxygens (including phenoxy) is 4. The molecule has 468 valence electrons. The highest BCUT2D eigenvalue weighted by molar-refractivity contribution is 7.47. The van der Waals surface area contributed by atoms with Gasteiger partial charge in [-0.1, -0.05) is 229 Å². The van der Waals surface area contributed by atoms with Crippen molar-refractivity contribution in [2.24, 2.45) is 23.7 Å². The van der Waals surface area contributed by atoms with Crippen molar-refractivity contribution in [3.63, 3.8) is 0 Å². The summed E-state index contributed by atoms with van der Waals surface area (Å²) < 4.78 is 67.7. The van der Waals surface area contributed by atoms with Gasteiger partial charge in [0.1, 0.15) is 19.3 Å². The van der Waals surface area contributed by atoms with Gasteiger partial charge in [-0.2, -0.15) is 0 Å². The summed E-state index contributed by atoms with van der Waals surface area (Å²) in [5, 5.41) is 10.5. The van der Waals surface area contributed by atoms with E-state index in [2.05, 4.69) is 55.4 Å². The number of esters is 4. The van der Waals surface area contributed by atoms with E-state index < -0.39 is 97.5 Å². The summed E-state index contributed by atoms with van der Waals surface area (Å²) in [6.07, 6.45) is 28.3. The van der Waals surface area contributed by atoms with Crippen molar-refractivity contribution in [3.05, 3.63) is 0 Å². The Hall–Kier alpha value is -1.94. The molecule has 0 rings (SSSR count). The first-order chi connectivity index (χ1) is 37.7. The van der Waals surface area contributed by atoms with Crippen LogP contribution >= 0.6 is 15.6 Å². The molecule has 3 N–H and O–H groups in total. The lowest BCUT2D eigenvalue weighted by Gasteiger charge is -2.21. The van der Waals surface area contributed by atoms with Crippen LogP contribution in [0.3, 0.4) is 0 Å². The summed E-state index contributed by atoms with van der Waals surface area (Å²) in [5.74, 6) is 0.673. The van der Waals surface area contributed by atoms with E-state index in [1.807, 2.05) is 0 Å². The van der Waals surface area contributed by atoms with Crippen LogP contribution in [-0.2, 0) is 65.4 Å². The van der Waals surface area contributed by atoms with E-state index in [1.54, 1.807) is 0 Å². The van der Waals surface area contributed by atoms with Crippen molar-refractivity contribution in [2.75, 3.05) is 39.6 Å². The van der Waals surface area contributed by atoms with Gasteiger partial charge in [0.15, 0.2) is 12.2 Å². The molecule has 0 amide bonds. The van der Waals surface area contributed by atoms with Crippen LogP contribution in [0.5, 0.6) is 0 Å². The largest absolute Gasteiger partial charge is 0.472 e. The van der Waals surface area contributed by atoms with Gasteiger partial charge in [0.2, 0.25) is 0 Å². The minimum atomic E-state index is -4.94. The fraction of sp³-hybridized carbons (Fsp3) is 0.933. The van der Waals surface area contributed by atoms with Crippen molar-refractivity contribution in [1.82, 2.24) is 0 Å². The molecule has 79 heavy (non-hydrogen) atoms. The molecule has 0 aromatic carbocycles. The smallest absolute Gasteiger partial charge is 0.462 e. The predicted molar refractivity (Wildman–Crippen MR) is 312 cm³/mol. The molecule has 0 aromatic heterocycles. The maximum Gasteiger partial charge on any atom is 0.472 e. The SMILES string of the molecule is CCC(C)CCCCCCCCC(=O)O[C@H](COC(=O)CCCCCCCCCC(C)C)COP(=O)(O)OCC(O)COP(=O)(O)OC[C@@H](COC(=O)CCCCCCCCC(C)C)OC(=O)CCCCCCCCC(C)CC. The topological polar surface area (TPSA) is 237 Å². The summed E-state index contributed by atoms with van der Waals surface area (Å²) in [6.45, 7) is 13.8. The minimum absolute atomic E-state index is 0.101. The Labute approximate surface area is 479 Å². The van der Waals surface area contributed by atoms with E-state index in [0.29, 0.717) is 37.5 Å². The van der Waals surface area contributed by atoms with Crippen LogP contribution in [0.2, 0.25) is 0 Å². The fourth-order valence-electron chi connectivity index (χ4n) is 8.66. The predicted octanol–water partition coefficient (Wildman–Crippen LogP) is 15.8. The Bertz CT molecular complexity index is 1600. The minimum Gasteiger partial charge on any atom is -0.462 e. The molecule has 0 heterocycles. The summed E-state index contributed by atoms with van der Waals surface area (Å²) >= 11 is 0. The summed E-state index contributed by atoms with van der Waals surface area (Å²) in [7, 11) is -9.88. The first kappa shape index (κ1) is 77.1. The van der Waals surface area contributed by atoms with Crippen molar-refractivity contribution in [1.29, 1.82) is 0 Å². The van der Waals surface area contributed by atoms with E-state index in [4.69, 9.17) is 37.0 Å². The number of hydrogen-bond donors (Lipinski definition) is 3. The molecule has 0 aromatic rings. The highest BCUT2D eigenvalue weighted by Crippen LogP contribution is 2.45. The average Bonchev–Trinajstić information content (AvgIpc) is 3.40. The number of carbonyl (C=O) groups excluding carboxylic acids is 4. The molecule has 0 aliphatic carbocycles. The lowest BCUT2D eigenvalue weighted by atomic mass is 10.00. The van der Waals surface area contributed by atoms with Crippen LogP contribution in [0.15, 0.2) is 0 Å². The van der Waals surface area contributed by atoms with E-state index in [-0.39, 0.29) is 25.7 Å². The standard InChI is InChI=1S/C60H116O17P2/c1-9-52(7)38-30-22-15-18-26-34-42-59(64)76-55(46-70-57(62)40-32-24-13-11-12-20-28-36-50(3)4)48-74-78(66,67)72-44-54(61)45-73-79(68,69)75-49-56(47-71-58(63)41-33-25-17-14-21-29-37-51(5)6)77-60(65)43-35-27-19-16-23-31-39-53(8)10-2/h50-56,61H,9-49H2,1-8H3,(H,66,67)(H,68,69)/t52?,53?,54?,55-,56-/m1/s1. The van der Waals surface area contributed by atoms with Gasteiger partial charge in [0, 0.05) is 25.7 Å². The molecule has 0 radical (unpaired) electrons. The van der Waals surface area contributed by atoms with Crippen LogP contribution in [0.1, 0.15) is 280 Å². The van der Waals surface area contributed by atoms with Crippen LogP contribution in [0.4, 0.5) is 0 Å². The van der Waals surface area contributed by atoms with E-state index in [0.717, 1.165) is 115 Å². The fourth-order valence-corrected chi connectivity index (χ4v) is 10.2. The third kappa shape index (κ3) is 52.6. The molecule has 17 nitrogen and oxygen atoms in total. The maximum atomic E-state index is 12.9. The number of rotatable bonds is 57. The van der Waals surface area contributed by atoms with E-state index in [1.165, 1.54) is 70.6 Å². The number of carbonyl (C=O) groups is 4. The summed E-state index contributed by atoms with van der Waals surface area (Å²) in [5.41, 5.74) is 0. The Balaban J connectivity index is 5.26. The van der Waals surface area contributed by atoms with Crippen molar-refractivity contribution >= 4 is 39.5 Å². The number of aliphatic hydroxyl groups is 1. The highest BCUT2D eigenvalue weighted by Gasteiger charge is 2.30. The molecular formula is C60H116O17P2. The van der Waals surface area contributed by atoms with Crippen LogP contribution in [-0.4, -0.2) is 96.7 Å². The zero-order valence-corrected chi connectivity index (χ0v) is 52.8. The first-order valence-electron chi connectivity index (χ1n) is 31.3. The Morgan fingerprint density at radius 3 is 0.899 bits per heavy atom. The third-order valence-corrected chi connectivity index (χ3v) is 16.2. The van der Waals surface area contributed by atoms with Crippen LogP contribution in [0.25, 0.3) is 0 Å². The van der Waals surface area contributed by atoms with Gasteiger partial charge in [0.25, 0.3) is 0 Å². The van der Waals surface area contributed by atoms with Crippen molar-refractivity contribution in [2.45, 2.75) is 298 Å². The molecule has 0 spiro atoms. The van der Waals surface area contributed by atoms with Gasteiger partial charge in [-0.25, -0.2) is 9.13 Å². The van der Waals surface area contributed by atoms with Gasteiger partial charge in [-0.05, 0) is 49.4 Å². The lowest BCUT2D eigenvalue weighted by molar-refractivity contribution is -0.161. The highest BCUT2D eigenvalue weighted by atomic mass is 31.2. The van der Waals surface area contributed by atoms with Gasteiger partial charge >= 0.3 is 39.5 Å². The number of phosphoric acid groups is 2. The first-order valence-corrected chi connectivity index (χ1v) is 34.3. The molecule has 0 aliphatic rings. The molecule has 0 saturated carbocycles. The Morgan fingerprint density at radius 1 is 0.354 bits per heavy atom. The number of aliphatic hydroxyl groups excluding tert-OH is 1. The normalized spacial score (nSPS) is 15.3. The monoisotopic (exact) mass is 1170 g/mol. The second kappa shape index (κ2) is 50.6. The number of unbranched alkanes of at least 4 members (excludes halogenated alkanes) is 21. The van der Waals surface area contributed by atoms with Crippen LogP contribution in [0, 0.1) is 23.7 Å². The zero-order valence-electron chi connectivity index (χ0n) is 51.0. The molecule has 0 saturated heterocycles. The Kier molecular flexibility index (Phi) is 49.3. The molecule has 5 unspecified atom stereocenters. The maximum absolute atomic E-state index is 12.9. The number of phosphoric ester groups is 2. The van der Waals surface area contributed by atoms with Crippen LogP contribution < -0.4 is 0 Å². The molecule has 7 atom stereocenters. The summed E-state index contributed by atoms with van der Waals surface area (Å²) in [4.78, 5) is 71.9. The van der Waals surface area contributed by atoms with Gasteiger partial charge in [-0.15, -0.1) is 0 Å². The second-order valence-electron chi connectivity index (χ2n) is 23.2. The average molecular weight is 1170 g/mol. The van der Waals surface area contributed by atoms with Gasteiger partial charge in [0.05, 0.1) is 26.4 Å². The van der Waals surface area contributed by atoms with E-state index >= 15 is 0 Å². The molecule has 0 bridgehead atoms. The molecular weight excluding hydrogens is 1050 g/mol. The second-order valence-corrected chi connectivity index (χ2v) is 26.1. The lowest BCUT2D eigenvalue weighted by Crippen LogP contribution is -2.30. The molecule has 19 heteroatoms. The summed E-state index contributed by atoms with van der Waals surface area (Å²) in [6, 6.07) is 0. The zero-order chi connectivity index (χ0) is 59.0. The van der Waals surface area contributed by atoms with Crippen molar-refractivity contribution in [3.8, 4) is 0 Å². The van der Waals surface area contributed by atoms with Gasteiger partial charge in [-0.3, -0.25) is 37.3 Å². The van der Waals surface area contributed by atoms with E-state index in [9.17, 15) is 43.2 Å². The third-order valence-electron chi connectivity index (χ3n) is 14.3. The Morgan fingerprint density at radius 2 is 0.608 bits per heavy atom. The number of hydrogen-bond acceptors (Lipinski definition) is 15. The molecule has 0 aliphatic heterocycles. The van der Waals surface area contributed by atoms with Crippen molar-refractivity contribution < 1.29 is 80.2 Å². The van der Waals surface area contributed by atoms with Gasteiger partial charge < -0.3 is 33.8 Å². The quantitative estimate of drug-likeness (QED) is 0.0222.